The maximum Gasteiger partial charge on any atom is 0.202 e. The van der Waals surface area contributed by atoms with E-state index in [-0.39, 0.29) is 46.6 Å². The second-order valence-corrected chi connectivity index (χ2v) is 9.83. The quantitative estimate of drug-likeness (QED) is 0.261. The summed E-state index contributed by atoms with van der Waals surface area (Å²) < 4.78 is 11.4. The number of carbonyl (C=O) groups excluding carboxylic acids is 3. The summed E-state index contributed by atoms with van der Waals surface area (Å²) in [5.41, 5.74) is 2.53. The van der Waals surface area contributed by atoms with Crippen LogP contribution in [-0.4, -0.2) is 74.3 Å². The Bertz CT molecular complexity index is 1410. The van der Waals surface area contributed by atoms with Crippen LogP contribution in [0, 0.1) is 0 Å². The van der Waals surface area contributed by atoms with Gasteiger partial charge in [-0.25, -0.2) is 0 Å². The fourth-order valence-corrected chi connectivity index (χ4v) is 5.64. The number of phenols is 2. The van der Waals surface area contributed by atoms with Gasteiger partial charge in [0.05, 0.1) is 42.0 Å². The number of methoxy groups -OCH3 is 1. The molecule has 0 heterocycles. The van der Waals surface area contributed by atoms with Crippen LogP contribution in [0.25, 0.3) is 0 Å². The summed E-state index contributed by atoms with van der Waals surface area (Å²) in [6.45, 7) is -0.994. The first-order valence-corrected chi connectivity index (χ1v) is 12.1. The number of hydrogen-bond acceptors (Lipinski definition) is 11. The predicted octanol–water partition coefficient (Wildman–Crippen LogP) is 1.11. The Kier molecular flexibility index (Phi) is 6.27. The van der Waals surface area contributed by atoms with Crippen LogP contribution < -0.4 is 10.5 Å². The van der Waals surface area contributed by atoms with Crippen molar-refractivity contribution in [2.24, 2.45) is 5.73 Å². The van der Waals surface area contributed by atoms with Crippen molar-refractivity contribution in [3.05, 3.63) is 63.4 Å². The average Bonchev–Trinajstić information content (AvgIpc) is 2.90. The van der Waals surface area contributed by atoms with Gasteiger partial charge in [0.2, 0.25) is 5.78 Å². The number of Topliss-reactive ketones (excluding diaryl/α,β-unsaturated/α-hetero) is 1. The molecule has 0 amide bonds. The highest BCUT2D eigenvalue weighted by Crippen LogP contribution is 2.52. The number of aliphatic hydroxyl groups excluding tert-OH is 2. The van der Waals surface area contributed by atoms with Crippen molar-refractivity contribution in [1.29, 1.82) is 0 Å². The lowest BCUT2D eigenvalue weighted by Gasteiger charge is -2.40. The van der Waals surface area contributed by atoms with E-state index in [1.165, 1.54) is 31.4 Å². The summed E-state index contributed by atoms with van der Waals surface area (Å²) in [6.07, 6.45) is -0.898. The van der Waals surface area contributed by atoms with Crippen LogP contribution in [0.15, 0.2) is 30.0 Å². The number of aromatic hydroxyl groups is 2. The molecule has 0 saturated heterocycles. The Morgan fingerprint density at radius 2 is 1.82 bits per heavy atom. The van der Waals surface area contributed by atoms with E-state index >= 15 is 0 Å². The number of rotatable bonds is 5. The van der Waals surface area contributed by atoms with Gasteiger partial charge in [-0.1, -0.05) is 12.1 Å². The minimum absolute atomic E-state index is 0.00728. The summed E-state index contributed by atoms with van der Waals surface area (Å²) in [4.78, 5) is 39.7. The molecule has 0 aliphatic heterocycles. The second kappa shape index (κ2) is 9.21. The SMILES string of the molecule is COc1cccc2c1C(=O)c1c(O)c3c(c(O)c1C2=O)C[C@@](O)(C(=O)CO)C[C@@H]3OC1CC=C(O)C(N)C1. The Labute approximate surface area is 216 Å². The largest absolute Gasteiger partial charge is 0.511 e. The number of benzene rings is 2. The molecule has 4 atom stereocenters. The van der Waals surface area contributed by atoms with Crippen LogP contribution in [0.1, 0.15) is 68.3 Å². The molecule has 11 nitrogen and oxygen atoms in total. The van der Waals surface area contributed by atoms with Crippen LogP contribution >= 0.6 is 0 Å². The summed E-state index contributed by atoms with van der Waals surface area (Å²) in [5, 5.41) is 53.3. The topological polar surface area (TPSA) is 197 Å². The molecule has 38 heavy (non-hydrogen) atoms. The van der Waals surface area contributed by atoms with E-state index < -0.39 is 83.3 Å². The normalized spacial score (nSPS) is 26.2. The van der Waals surface area contributed by atoms with Crippen molar-refractivity contribution in [2.75, 3.05) is 13.7 Å². The molecule has 2 unspecified atom stereocenters. The Morgan fingerprint density at radius 3 is 2.47 bits per heavy atom. The number of hydrogen-bond donors (Lipinski definition) is 6. The van der Waals surface area contributed by atoms with Gasteiger partial charge >= 0.3 is 0 Å². The lowest BCUT2D eigenvalue weighted by molar-refractivity contribution is -0.149. The van der Waals surface area contributed by atoms with Crippen LogP contribution in [0.3, 0.4) is 0 Å². The molecule has 3 aliphatic rings. The lowest BCUT2D eigenvalue weighted by Crippen LogP contribution is -2.48. The number of ether oxygens (including phenoxy) is 2. The third-order valence-corrected chi connectivity index (χ3v) is 7.58. The zero-order valence-corrected chi connectivity index (χ0v) is 20.4. The molecular formula is C27H27NO10. The van der Waals surface area contributed by atoms with E-state index in [4.69, 9.17) is 15.2 Å². The average molecular weight is 526 g/mol. The number of aliphatic hydroxyl groups is 3. The number of phenolic OH excluding ortho intramolecular Hbond substituents is 2. The molecule has 0 bridgehead atoms. The first-order valence-electron chi connectivity index (χ1n) is 12.1. The van der Waals surface area contributed by atoms with Crippen molar-refractivity contribution in [2.45, 2.75) is 49.5 Å². The van der Waals surface area contributed by atoms with Gasteiger partial charge in [-0.05, 0) is 25.0 Å². The van der Waals surface area contributed by atoms with Crippen molar-refractivity contribution in [3.8, 4) is 17.2 Å². The van der Waals surface area contributed by atoms with Crippen molar-refractivity contribution in [3.63, 3.8) is 0 Å². The van der Waals surface area contributed by atoms with E-state index in [1.807, 2.05) is 0 Å². The van der Waals surface area contributed by atoms with Gasteiger partial charge in [0.15, 0.2) is 11.6 Å². The molecular weight excluding hydrogens is 498 g/mol. The Balaban J connectivity index is 1.70. The molecule has 11 heteroatoms. The van der Waals surface area contributed by atoms with Gasteiger partial charge < -0.3 is 40.7 Å². The zero-order chi connectivity index (χ0) is 27.5. The van der Waals surface area contributed by atoms with Gasteiger partial charge in [0, 0.05) is 29.5 Å². The van der Waals surface area contributed by atoms with Gasteiger partial charge in [-0.15, -0.1) is 0 Å². The monoisotopic (exact) mass is 525 g/mol. The van der Waals surface area contributed by atoms with Gasteiger partial charge in [-0.2, -0.15) is 0 Å². The highest BCUT2D eigenvalue weighted by Gasteiger charge is 2.49. The standard InChI is InChI=1S/C27H27NO10/c1-37-16-4-2-3-12-19(16)25(34)22-21(23(12)32)24(33)13-8-27(36,18(31)10-29)9-17(20(13)26(22)35)38-11-5-6-15(30)14(28)7-11/h2-4,6,11,14,17,29-30,33,35-36H,5,7-10,28H2,1H3/t11?,14?,17-,27-/m0/s1. The fraction of sp³-hybridized carbons (Fsp3) is 0.370. The first kappa shape index (κ1) is 25.9. The molecule has 2 aromatic rings. The lowest BCUT2D eigenvalue weighted by atomic mass is 9.71. The molecule has 0 fully saturated rings. The number of carbonyl (C=O) groups is 3. The second-order valence-electron chi connectivity index (χ2n) is 9.83. The van der Waals surface area contributed by atoms with Crippen LogP contribution in [-0.2, 0) is 16.0 Å². The van der Waals surface area contributed by atoms with E-state index in [1.54, 1.807) is 0 Å². The number of fused-ring (bicyclic) bond motifs is 3. The third-order valence-electron chi connectivity index (χ3n) is 7.58. The molecule has 3 aliphatic carbocycles. The van der Waals surface area contributed by atoms with Gasteiger partial charge in [-0.3, -0.25) is 14.4 Å². The predicted molar refractivity (Wildman–Crippen MR) is 131 cm³/mol. The third kappa shape index (κ3) is 3.78. The summed E-state index contributed by atoms with van der Waals surface area (Å²) in [5.74, 6) is -3.62. The minimum atomic E-state index is -2.19. The van der Waals surface area contributed by atoms with Crippen molar-refractivity contribution >= 4 is 17.3 Å². The van der Waals surface area contributed by atoms with E-state index in [0.717, 1.165) is 0 Å². The molecule has 0 saturated carbocycles. The molecule has 0 radical (unpaired) electrons. The van der Waals surface area contributed by atoms with Crippen molar-refractivity contribution in [1.82, 2.24) is 0 Å². The zero-order valence-electron chi connectivity index (χ0n) is 20.4. The van der Waals surface area contributed by atoms with Crippen LogP contribution in [0.4, 0.5) is 0 Å². The summed E-state index contributed by atoms with van der Waals surface area (Å²) in [7, 11) is 1.33. The van der Waals surface area contributed by atoms with Gasteiger partial charge in [0.25, 0.3) is 0 Å². The van der Waals surface area contributed by atoms with Gasteiger partial charge in [0.1, 0.15) is 35.2 Å². The molecule has 200 valence electrons. The van der Waals surface area contributed by atoms with E-state index in [2.05, 4.69) is 0 Å². The van der Waals surface area contributed by atoms with Crippen LogP contribution in [0.5, 0.6) is 17.2 Å². The van der Waals surface area contributed by atoms with Crippen LogP contribution in [0.2, 0.25) is 0 Å². The number of ketones is 3. The summed E-state index contributed by atoms with van der Waals surface area (Å²) in [6, 6.07) is 3.67. The van der Waals surface area contributed by atoms with E-state index in [9.17, 15) is 39.9 Å². The summed E-state index contributed by atoms with van der Waals surface area (Å²) >= 11 is 0. The van der Waals surface area contributed by atoms with Crippen molar-refractivity contribution < 1.29 is 49.4 Å². The Morgan fingerprint density at radius 1 is 1.11 bits per heavy atom. The fourth-order valence-electron chi connectivity index (χ4n) is 5.64. The molecule has 7 N–H and O–H groups in total. The molecule has 5 rings (SSSR count). The maximum absolute atomic E-state index is 13.6. The minimum Gasteiger partial charge on any atom is -0.511 e. The maximum atomic E-state index is 13.6. The highest BCUT2D eigenvalue weighted by molar-refractivity contribution is 6.31. The van der Waals surface area contributed by atoms with E-state index in [0.29, 0.717) is 0 Å². The molecule has 2 aromatic carbocycles. The smallest absolute Gasteiger partial charge is 0.202 e. The highest BCUT2D eigenvalue weighted by atomic mass is 16.5. The Hall–Kier alpha value is -3.77. The molecule has 0 aromatic heterocycles. The molecule has 0 spiro atoms. The number of nitrogens with two attached hydrogens (primary N) is 1. The first-order chi connectivity index (χ1) is 18.0.